The van der Waals surface area contributed by atoms with Crippen LogP contribution < -0.4 is 30.9 Å². The number of hydrogen-bond donors (Lipinski definition) is 3. The molecule has 2 aromatic heterocycles. The van der Waals surface area contributed by atoms with Gasteiger partial charge in [-0.15, -0.1) is 0 Å². The van der Waals surface area contributed by atoms with Crippen LogP contribution >= 0.6 is 0 Å². The van der Waals surface area contributed by atoms with Gasteiger partial charge in [-0.1, -0.05) is 6.07 Å². The van der Waals surface area contributed by atoms with Crippen LogP contribution in [0.4, 0.5) is 35.0 Å². The number of piperazine rings is 1. The van der Waals surface area contributed by atoms with Crippen LogP contribution in [0, 0.1) is 5.92 Å². The first-order valence-corrected chi connectivity index (χ1v) is 19.2. The number of anilines is 3. The van der Waals surface area contributed by atoms with Gasteiger partial charge in [-0.3, -0.25) is 34.3 Å². The molecule has 19 heteroatoms. The molecule has 0 atom stereocenters. The smallest absolute Gasteiger partial charge is 0.433 e. The van der Waals surface area contributed by atoms with E-state index >= 15 is 0 Å². The summed E-state index contributed by atoms with van der Waals surface area (Å²) in [5.41, 5.74) is 5.92. The van der Waals surface area contributed by atoms with Gasteiger partial charge >= 0.3 is 12.2 Å². The first-order chi connectivity index (χ1) is 28.3. The van der Waals surface area contributed by atoms with Crippen molar-refractivity contribution in [2.24, 2.45) is 11.7 Å². The average Bonchev–Trinajstić information content (AvgIpc) is 3.67. The second kappa shape index (κ2) is 17.2. The molecule has 2 aromatic carbocycles. The Morgan fingerprint density at radius 3 is 2.31 bits per heavy atom. The van der Waals surface area contributed by atoms with Gasteiger partial charge in [0.2, 0.25) is 5.91 Å². The van der Waals surface area contributed by atoms with E-state index in [1.54, 1.807) is 30.3 Å². The summed E-state index contributed by atoms with van der Waals surface area (Å²) in [7, 11) is 1.49. The van der Waals surface area contributed by atoms with Gasteiger partial charge in [-0.05, 0) is 86.3 Å². The second-order valence-corrected chi connectivity index (χ2v) is 14.6. The van der Waals surface area contributed by atoms with E-state index in [0.29, 0.717) is 41.7 Å². The molecule has 0 radical (unpaired) electrons. The largest absolute Gasteiger partial charge is 0.495 e. The highest BCUT2D eigenvalue weighted by Crippen LogP contribution is 2.32. The maximum atomic E-state index is 13.5. The molecule has 0 aliphatic carbocycles. The molecule has 0 unspecified atom stereocenters. The normalized spacial score (nSPS) is 16.8. The zero-order valence-electron chi connectivity index (χ0n) is 32.2. The number of carbonyl (C=O) groups excluding carboxylic acids is 5. The number of nitrogens with two attached hydrogens (primary N) is 1. The van der Waals surface area contributed by atoms with E-state index in [1.165, 1.54) is 22.9 Å². The third-order valence-corrected chi connectivity index (χ3v) is 10.8. The Balaban J connectivity index is 0.876. The number of primary amides is 1. The summed E-state index contributed by atoms with van der Waals surface area (Å²) in [6, 6.07) is 14.9. The van der Waals surface area contributed by atoms with E-state index in [1.807, 2.05) is 17.0 Å². The van der Waals surface area contributed by atoms with Gasteiger partial charge in [0.1, 0.15) is 17.1 Å². The van der Waals surface area contributed by atoms with Gasteiger partial charge in [0.05, 0.1) is 30.4 Å². The fourth-order valence-corrected chi connectivity index (χ4v) is 7.53. The highest BCUT2D eigenvalue weighted by Gasteiger charge is 2.33. The van der Waals surface area contributed by atoms with Crippen LogP contribution in [-0.4, -0.2) is 114 Å². The average molecular weight is 817 g/mol. The zero-order chi connectivity index (χ0) is 41.8. The Kier molecular flexibility index (Phi) is 11.8. The van der Waals surface area contributed by atoms with E-state index in [-0.39, 0.29) is 36.2 Å². The fourth-order valence-electron chi connectivity index (χ4n) is 7.53. The van der Waals surface area contributed by atoms with Crippen molar-refractivity contribution < 1.29 is 41.9 Å². The Morgan fingerprint density at radius 2 is 1.64 bits per heavy atom. The molecule has 3 fully saturated rings. The van der Waals surface area contributed by atoms with Crippen LogP contribution in [0.3, 0.4) is 0 Å². The van der Waals surface area contributed by atoms with Crippen LogP contribution in [0.1, 0.15) is 62.7 Å². The number of alkyl halides is 3. The molecule has 3 aliphatic rings. The molecular weight excluding hydrogens is 773 g/mol. The number of aromatic nitrogens is 3. The molecule has 0 saturated carbocycles. The minimum atomic E-state index is -4.74. The lowest BCUT2D eigenvalue weighted by Gasteiger charge is -2.37. The van der Waals surface area contributed by atoms with Crippen LogP contribution in [-0.2, 0) is 11.0 Å². The molecule has 3 saturated heterocycles. The summed E-state index contributed by atoms with van der Waals surface area (Å²) in [6.45, 7) is 5.84. The van der Waals surface area contributed by atoms with Crippen LogP contribution in [0.15, 0.2) is 66.9 Å². The van der Waals surface area contributed by atoms with Gasteiger partial charge in [0.25, 0.3) is 17.7 Å². The molecule has 3 aliphatic heterocycles. The monoisotopic (exact) mass is 816 g/mol. The number of ether oxygens (including phenoxy) is 1. The molecule has 7 rings (SSSR count). The lowest BCUT2D eigenvalue weighted by atomic mass is 9.92. The number of methoxy groups -OCH3 is 1. The maximum Gasteiger partial charge on any atom is 0.433 e. The molecule has 4 aromatic rings. The molecule has 0 spiro atoms. The van der Waals surface area contributed by atoms with E-state index < -0.39 is 35.4 Å². The van der Waals surface area contributed by atoms with Crippen molar-refractivity contribution in [2.75, 3.05) is 74.6 Å². The van der Waals surface area contributed by atoms with Crippen LogP contribution in [0.25, 0.3) is 5.69 Å². The summed E-state index contributed by atoms with van der Waals surface area (Å²) in [5, 5.41) is 8.92. The number of carbonyl (C=O) groups is 5. The molecule has 6 amide bonds. The summed E-state index contributed by atoms with van der Waals surface area (Å²) < 4.78 is 46.2. The van der Waals surface area contributed by atoms with E-state index in [2.05, 4.69) is 30.5 Å². The number of rotatable bonds is 11. The van der Waals surface area contributed by atoms with Crippen molar-refractivity contribution in [1.29, 1.82) is 0 Å². The minimum absolute atomic E-state index is 0.0739. The van der Waals surface area contributed by atoms with Crippen molar-refractivity contribution >= 4 is 46.7 Å². The second-order valence-electron chi connectivity index (χ2n) is 14.6. The molecule has 310 valence electrons. The number of piperidine rings is 1. The number of imide groups is 1. The zero-order valence-corrected chi connectivity index (χ0v) is 32.2. The summed E-state index contributed by atoms with van der Waals surface area (Å²) >= 11 is 0. The number of nitrogens with zero attached hydrogens (tertiary/aromatic N) is 7. The topological polar surface area (TPSA) is 188 Å². The highest BCUT2D eigenvalue weighted by molar-refractivity contribution is 6.08. The van der Waals surface area contributed by atoms with Crippen molar-refractivity contribution in [1.82, 2.24) is 29.9 Å². The van der Waals surface area contributed by atoms with Crippen molar-refractivity contribution in [2.45, 2.75) is 31.9 Å². The number of likely N-dealkylation sites (tertiary alicyclic amines) is 1. The lowest BCUT2D eigenvalue weighted by molar-refractivity contribution is -0.141. The van der Waals surface area contributed by atoms with Gasteiger partial charge in [-0.2, -0.15) is 18.3 Å². The highest BCUT2D eigenvalue weighted by atomic mass is 19.4. The first-order valence-electron chi connectivity index (χ1n) is 19.2. The number of nitrogens with one attached hydrogen (secondary N) is 2. The third-order valence-electron chi connectivity index (χ3n) is 10.8. The van der Waals surface area contributed by atoms with Gasteiger partial charge < -0.3 is 25.6 Å². The molecule has 0 bridgehead atoms. The summed E-state index contributed by atoms with van der Waals surface area (Å²) in [6.07, 6.45) is -0.385. The number of benzene rings is 2. The van der Waals surface area contributed by atoms with Gasteiger partial charge in [0.15, 0.2) is 5.69 Å². The van der Waals surface area contributed by atoms with Crippen molar-refractivity contribution in [3.8, 4) is 11.4 Å². The van der Waals surface area contributed by atoms with Crippen LogP contribution in [0.5, 0.6) is 5.75 Å². The first kappa shape index (κ1) is 40.7. The predicted molar refractivity (Wildman–Crippen MR) is 210 cm³/mol. The summed E-state index contributed by atoms with van der Waals surface area (Å²) in [5.74, 6) is -1.40. The number of pyridine rings is 1. The molecule has 16 nitrogen and oxygen atoms in total. The minimum Gasteiger partial charge on any atom is -0.495 e. The molecule has 4 N–H and O–H groups in total. The number of amides is 6. The van der Waals surface area contributed by atoms with Gasteiger partial charge in [0, 0.05) is 63.5 Å². The van der Waals surface area contributed by atoms with E-state index in [0.717, 1.165) is 75.9 Å². The number of halogens is 3. The Bertz CT molecular complexity index is 2230. The quantitative estimate of drug-likeness (QED) is 0.199. The SMILES string of the molecule is COc1ccc(C(=O)N2CCC(CCN3CCN(c4ccc(-n5cc(NC(=O)c6cccc(C(F)(F)F)n6)c(C(N)=O)n5)cc4)CC3)CC2)cc1N1CCC(=O)NC1=O. The number of hydrogen-bond acceptors (Lipinski definition) is 10. The maximum absolute atomic E-state index is 13.5. The van der Waals surface area contributed by atoms with Crippen LogP contribution in [0.2, 0.25) is 0 Å². The Hall–Kier alpha value is -6.50. The molecular formula is C40H43F3N10O6. The number of urea groups is 1. The molecule has 59 heavy (non-hydrogen) atoms. The Labute approximate surface area is 337 Å². The van der Waals surface area contributed by atoms with Crippen molar-refractivity contribution in [3.05, 3.63) is 89.5 Å². The summed E-state index contributed by atoms with van der Waals surface area (Å²) in [4.78, 5) is 74.0. The standard InChI is InChI=1S/C40H43F3N10O6/c1-59-32-10-5-26(23-31(32)52-18-14-34(54)47-39(52)58)38(57)51-16-12-25(13-17-51)11-15-49-19-21-50(22-20-49)27-6-8-28(9-7-27)53-24-30(35(48-53)36(44)55)46-37(56)29-3-2-4-33(45-29)40(41,42)43/h2-10,23-25H,11-22H2,1H3,(H2,44,55)(H,46,56)(H,47,54,58). The lowest BCUT2D eigenvalue weighted by Crippen LogP contribution is -2.49. The van der Waals surface area contributed by atoms with E-state index in [4.69, 9.17) is 10.5 Å². The predicted octanol–water partition coefficient (Wildman–Crippen LogP) is 4.16. The van der Waals surface area contributed by atoms with Gasteiger partial charge in [-0.25, -0.2) is 14.5 Å². The van der Waals surface area contributed by atoms with E-state index in [9.17, 15) is 37.1 Å². The van der Waals surface area contributed by atoms with Crippen molar-refractivity contribution in [3.63, 3.8) is 0 Å². The third kappa shape index (κ3) is 9.30. The Morgan fingerprint density at radius 1 is 0.932 bits per heavy atom. The molecule has 5 heterocycles. The fraction of sp³-hybridized carbons (Fsp3) is 0.375.